The van der Waals surface area contributed by atoms with E-state index in [4.69, 9.17) is 4.74 Å². The van der Waals surface area contributed by atoms with E-state index in [1.165, 1.54) is 12.8 Å². The molecule has 3 aliphatic rings. The Morgan fingerprint density at radius 1 is 1.28 bits per heavy atom. The summed E-state index contributed by atoms with van der Waals surface area (Å²) in [5.41, 5.74) is 0. The Bertz CT molecular complexity index is 314. The number of carboxylic acid groups (broad SMARTS) is 1. The third-order valence-corrected chi connectivity index (χ3v) is 5.10. The molecule has 0 amide bonds. The zero-order valence-electron chi connectivity index (χ0n) is 10.8. The molecule has 0 aromatic rings. The highest BCUT2D eigenvalue weighted by Crippen LogP contribution is 2.48. The molecule has 0 spiro atoms. The van der Waals surface area contributed by atoms with Gasteiger partial charge in [-0.25, -0.2) is 0 Å². The van der Waals surface area contributed by atoms with Crippen LogP contribution in [0.25, 0.3) is 0 Å². The van der Waals surface area contributed by atoms with E-state index in [9.17, 15) is 9.90 Å². The Hall–Kier alpha value is -0.610. The van der Waals surface area contributed by atoms with Gasteiger partial charge in [0.2, 0.25) is 0 Å². The highest BCUT2D eigenvalue weighted by atomic mass is 16.5. The molecule has 18 heavy (non-hydrogen) atoms. The molecule has 2 aliphatic carbocycles. The summed E-state index contributed by atoms with van der Waals surface area (Å²) in [4.78, 5) is 11.4. The predicted octanol–water partition coefficient (Wildman–Crippen LogP) is 1.50. The molecule has 2 bridgehead atoms. The number of hydrogen-bond donors (Lipinski definition) is 2. The van der Waals surface area contributed by atoms with Gasteiger partial charge in [-0.3, -0.25) is 4.79 Å². The first kappa shape index (κ1) is 12.4. The molecule has 0 radical (unpaired) electrons. The van der Waals surface area contributed by atoms with Crippen LogP contribution in [0, 0.1) is 23.7 Å². The molecule has 5 unspecified atom stereocenters. The smallest absolute Gasteiger partial charge is 0.308 e. The van der Waals surface area contributed by atoms with Gasteiger partial charge in [0, 0.05) is 19.2 Å². The molecule has 5 atom stereocenters. The van der Waals surface area contributed by atoms with Gasteiger partial charge in [0.15, 0.2) is 0 Å². The van der Waals surface area contributed by atoms with E-state index in [1.807, 2.05) is 0 Å². The Labute approximate surface area is 108 Å². The summed E-state index contributed by atoms with van der Waals surface area (Å²) in [7, 11) is 0. The Morgan fingerprint density at radius 2 is 2.11 bits per heavy atom. The third-order valence-electron chi connectivity index (χ3n) is 5.10. The molecule has 0 aromatic carbocycles. The normalized spacial score (nSPS) is 43.2. The van der Waals surface area contributed by atoms with Crippen LogP contribution in [0.2, 0.25) is 0 Å². The maximum atomic E-state index is 11.4. The van der Waals surface area contributed by atoms with Crippen molar-refractivity contribution in [1.82, 2.24) is 5.32 Å². The lowest BCUT2D eigenvalue weighted by Crippen LogP contribution is -2.46. The van der Waals surface area contributed by atoms with Crippen LogP contribution in [0.1, 0.15) is 32.1 Å². The van der Waals surface area contributed by atoms with Crippen molar-refractivity contribution in [3.8, 4) is 0 Å². The first-order valence-corrected chi connectivity index (χ1v) is 7.29. The lowest BCUT2D eigenvalue weighted by atomic mass is 9.84. The van der Waals surface area contributed by atoms with Gasteiger partial charge < -0.3 is 15.2 Å². The van der Waals surface area contributed by atoms with Crippen LogP contribution < -0.4 is 5.32 Å². The van der Waals surface area contributed by atoms with E-state index in [0.29, 0.717) is 17.8 Å². The minimum Gasteiger partial charge on any atom is -0.481 e. The number of rotatable bonds is 4. The minimum absolute atomic E-state index is 0.145. The van der Waals surface area contributed by atoms with Gasteiger partial charge in [0.25, 0.3) is 0 Å². The lowest BCUT2D eigenvalue weighted by Gasteiger charge is -2.31. The summed E-state index contributed by atoms with van der Waals surface area (Å²) in [6.07, 6.45) is 5.81. The first-order valence-electron chi connectivity index (χ1n) is 7.29. The highest BCUT2D eigenvalue weighted by Gasteiger charge is 2.50. The zero-order valence-corrected chi connectivity index (χ0v) is 10.8. The van der Waals surface area contributed by atoms with Gasteiger partial charge in [-0.1, -0.05) is 0 Å². The molecule has 102 valence electrons. The van der Waals surface area contributed by atoms with E-state index in [0.717, 1.165) is 39.0 Å². The zero-order chi connectivity index (χ0) is 12.5. The summed E-state index contributed by atoms with van der Waals surface area (Å²) in [5.74, 6) is 0.855. The standard InChI is InChI=1S/C14H23NO3/c16-14(17)12-10-3-4-11(6-10)13(12)15-7-9-2-1-5-18-8-9/h9-13,15H,1-8H2,(H,16,17). The van der Waals surface area contributed by atoms with Crippen LogP contribution in [0.3, 0.4) is 0 Å². The average Bonchev–Trinajstić information content (AvgIpc) is 2.97. The van der Waals surface area contributed by atoms with Gasteiger partial charge >= 0.3 is 5.97 Å². The molecular weight excluding hydrogens is 230 g/mol. The number of aliphatic carboxylic acids is 1. The summed E-state index contributed by atoms with van der Waals surface area (Å²) >= 11 is 0. The van der Waals surface area contributed by atoms with E-state index in [1.54, 1.807) is 0 Å². The van der Waals surface area contributed by atoms with Crippen molar-refractivity contribution in [2.45, 2.75) is 38.1 Å². The topological polar surface area (TPSA) is 58.6 Å². The second-order valence-corrected chi connectivity index (χ2v) is 6.21. The fraction of sp³-hybridized carbons (Fsp3) is 0.929. The number of ether oxygens (including phenoxy) is 1. The molecule has 3 rings (SSSR count). The van der Waals surface area contributed by atoms with Crippen molar-refractivity contribution in [3.05, 3.63) is 0 Å². The summed E-state index contributed by atoms with van der Waals surface area (Å²) in [6.45, 7) is 2.66. The predicted molar refractivity (Wildman–Crippen MR) is 67.3 cm³/mol. The molecule has 1 aliphatic heterocycles. The van der Waals surface area contributed by atoms with E-state index < -0.39 is 5.97 Å². The van der Waals surface area contributed by atoms with Crippen molar-refractivity contribution in [1.29, 1.82) is 0 Å². The van der Waals surface area contributed by atoms with Crippen molar-refractivity contribution >= 4 is 5.97 Å². The summed E-state index contributed by atoms with van der Waals surface area (Å²) in [5, 5.41) is 12.9. The van der Waals surface area contributed by atoms with Crippen LogP contribution in [0.4, 0.5) is 0 Å². The monoisotopic (exact) mass is 253 g/mol. The SMILES string of the molecule is O=C(O)C1C2CCC(C2)C1NCC1CCCOC1. The Morgan fingerprint density at radius 3 is 2.83 bits per heavy atom. The van der Waals surface area contributed by atoms with E-state index in [-0.39, 0.29) is 12.0 Å². The second kappa shape index (κ2) is 5.17. The Kier molecular flexibility index (Phi) is 3.57. The molecule has 1 heterocycles. The van der Waals surface area contributed by atoms with Crippen molar-refractivity contribution in [2.75, 3.05) is 19.8 Å². The molecule has 4 heteroatoms. The maximum absolute atomic E-state index is 11.4. The summed E-state index contributed by atoms with van der Waals surface area (Å²) < 4.78 is 5.48. The quantitative estimate of drug-likeness (QED) is 0.797. The molecular formula is C14H23NO3. The fourth-order valence-corrected chi connectivity index (χ4v) is 4.21. The minimum atomic E-state index is -0.598. The van der Waals surface area contributed by atoms with E-state index in [2.05, 4.69) is 5.32 Å². The molecule has 0 aromatic heterocycles. The van der Waals surface area contributed by atoms with E-state index >= 15 is 0 Å². The van der Waals surface area contributed by atoms with Crippen LogP contribution in [0.15, 0.2) is 0 Å². The Balaban J connectivity index is 1.56. The second-order valence-electron chi connectivity index (χ2n) is 6.21. The largest absolute Gasteiger partial charge is 0.481 e. The number of fused-ring (bicyclic) bond motifs is 2. The molecule has 4 nitrogen and oxygen atoms in total. The molecule has 3 fully saturated rings. The molecule has 2 saturated carbocycles. The highest BCUT2D eigenvalue weighted by molar-refractivity contribution is 5.72. The van der Waals surface area contributed by atoms with Crippen molar-refractivity contribution in [3.63, 3.8) is 0 Å². The number of carbonyl (C=O) groups is 1. The fourth-order valence-electron chi connectivity index (χ4n) is 4.21. The van der Waals surface area contributed by atoms with Gasteiger partial charge in [0.1, 0.15) is 0 Å². The average molecular weight is 253 g/mol. The number of hydrogen-bond acceptors (Lipinski definition) is 3. The van der Waals surface area contributed by atoms with Crippen molar-refractivity contribution < 1.29 is 14.6 Å². The molecule has 2 N–H and O–H groups in total. The van der Waals surface area contributed by atoms with Gasteiger partial charge in [-0.05, 0) is 49.9 Å². The van der Waals surface area contributed by atoms with Crippen LogP contribution in [0.5, 0.6) is 0 Å². The lowest BCUT2D eigenvalue weighted by molar-refractivity contribution is -0.144. The van der Waals surface area contributed by atoms with Gasteiger partial charge in [0.05, 0.1) is 12.5 Å². The van der Waals surface area contributed by atoms with Gasteiger partial charge in [-0.15, -0.1) is 0 Å². The van der Waals surface area contributed by atoms with Crippen LogP contribution in [-0.4, -0.2) is 36.9 Å². The van der Waals surface area contributed by atoms with Gasteiger partial charge in [-0.2, -0.15) is 0 Å². The molecule has 1 saturated heterocycles. The van der Waals surface area contributed by atoms with Crippen LogP contribution in [-0.2, 0) is 9.53 Å². The van der Waals surface area contributed by atoms with Crippen LogP contribution >= 0.6 is 0 Å². The maximum Gasteiger partial charge on any atom is 0.308 e. The van der Waals surface area contributed by atoms with Crippen molar-refractivity contribution in [2.24, 2.45) is 23.7 Å². The third kappa shape index (κ3) is 2.28. The summed E-state index contributed by atoms with van der Waals surface area (Å²) in [6, 6.07) is 0.211. The first-order chi connectivity index (χ1) is 8.75. The number of carboxylic acids is 1. The number of nitrogens with one attached hydrogen (secondary N) is 1.